The van der Waals surface area contributed by atoms with Crippen molar-refractivity contribution >= 4 is 31.6 Å². The first kappa shape index (κ1) is 14.8. The van der Waals surface area contributed by atoms with Gasteiger partial charge >= 0.3 is 0 Å². The second kappa shape index (κ2) is 5.81. The molecule has 2 N–H and O–H groups in total. The number of halogens is 1. The summed E-state index contributed by atoms with van der Waals surface area (Å²) in [5.74, 6) is 0.132. The predicted molar refractivity (Wildman–Crippen MR) is 82.1 cm³/mol. The summed E-state index contributed by atoms with van der Waals surface area (Å²) in [7, 11) is -3.32. The SMILES string of the molecule is Cc1cc(C)c(NS(=O)(=O)CC2CCCN2)c(Br)c1. The van der Waals surface area contributed by atoms with E-state index in [1.54, 1.807) is 0 Å². The monoisotopic (exact) mass is 346 g/mol. The van der Waals surface area contributed by atoms with Crippen LogP contribution in [0.5, 0.6) is 0 Å². The minimum absolute atomic E-state index is 0.0713. The lowest BCUT2D eigenvalue weighted by Gasteiger charge is -2.16. The fourth-order valence-electron chi connectivity index (χ4n) is 2.41. The first-order valence-electron chi connectivity index (χ1n) is 6.38. The molecule has 2 rings (SSSR count). The van der Waals surface area contributed by atoms with Gasteiger partial charge < -0.3 is 5.32 Å². The Kier molecular flexibility index (Phi) is 4.53. The lowest BCUT2D eigenvalue weighted by atomic mass is 10.1. The number of hydrogen-bond acceptors (Lipinski definition) is 3. The summed E-state index contributed by atoms with van der Waals surface area (Å²) in [4.78, 5) is 0. The molecule has 0 spiro atoms. The molecule has 1 saturated heterocycles. The Morgan fingerprint density at radius 1 is 1.42 bits per heavy atom. The average Bonchev–Trinajstić information content (AvgIpc) is 2.75. The maximum atomic E-state index is 12.2. The molecule has 1 heterocycles. The largest absolute Gasteiger partial charge is 0.313 e. The van der Waals surface area contributed by atoms with Crippen LogP contribution >= 0.6 is 15.9 Å². The summed E-state index contributed by atoms with van der Waals surface area (Å²) in [5, 5.41) is 3.21. The van der Waals surface area contributed by atoms with Gasteiger partial charge in [0.15, 0.2) is 0 Å². The van der Waals surface area contributed by atoms with Crippen LogP contribution in [-0.4, -0.2) is 26.8 Å². The second-order valence-electron chi connectivity index (χ2n) is 5.12. The Balaban J connectivity index is 2.15. The summed E-state index contributed by atoms with van der Waals surface area (Å²) >= 11 is 3.42. The van der Waals surface area contributed by atoms with E-state index in [2.05, 4.69) is 26.0 Å². The van der Waals surface area contributed by atoms with E-state index in [-0.39, 0.29) is 11.8 Å². The molecule has 0 aliphatic carbocycles. The Hall–Kier alpha value is -0.590. The third-order valence-electron chi connectivity index (χ3n) is 3.27. The first-order valence-corrected chi connectivity index (χ1v) is 8.82. The Morgan fingerprint density at radius 2 is 2.16 bits per heavy atom. The van der Waals surface area contributed by atoms with Crippen LogP contribution in [0.1, 0.15) is 24.0 Å². The zero-order valence-corrected chi connectivity index (χ0v) is 13.6. The fourth-order valence-corrected chi connectivity index (χ4v) is 4.79. The van der Waals surface area contributed by atoms with Crippen molar-refractivity contribution in [2.24, 2.45) is 0 Å². The van der Waals surface area contributed by atoms with Crippen LogP contribution in [0.2, 0.25) is 0 Å². The van der Waals surface area contributed by atoms with Gasteiger partial charge in [-0.05, 0) is 66.4 Å². The van der Waals surface area contributed by atoms with E-state index in [0.29, 0.717) is 5.69 Å². The van der Waals surface area contributed by atoms with Crippen LogP contribution < -0.4 is 10.0 Å². The molecule has 1 aromatic carbocycles. The van der Waals surface area contributed by atoms with Gasteiger partial charge in [-0.15, -0.1) is 0 Å². The van der Waals surface area contributed by atoms with E-state index < -0.39 is 10.0 Å². The van der Waals surface area contributed by atoms with E-state index in [1.807, 2.05) is 26.0 Å². The van der Waals surface area contributed by atoms with Crippen molar-refractivity contribution in [1.82, 2.24) is 5.32 Å². The molecule has 6 heteroatoms. The van der Waals surface area contributed by atoms with E-state index in [4.69, 9.17) is 0 Å². The molecule has 1 aromatic rings. The zero-order valence-electron chi connectivity index (χ0n) is 11.2. The molecular formula is C13H19BrN2O2S. The third-order valence-corrected chi connectivity index (χ3v) is 5.25. The second-order valence-corrected chi connectivity index (χ2v) is 7.74. The number of rotatable bonds is 4. The molecule has 0 radical (unpaired) electrons. The quantitative estimate of drug-likeness (QED) is 0.880. The van der Waals surface area contributed by atoms with Gasteiger partial charge in [0.2, 0.25) is 10.0 Å². The highest BCUT2D eigenvalue weighted by atomic mass is 79.9. The van der Waals surface area contributed by atoms with E-state index in [1.165, 1.54) is 0 Å². The van der Waals surface area contributed by atoms with Gasteiger partial charge in [0.25, 0.3) is 0 Å². The zero-order chi connectivity index (χ0) is 14.0. The highest BCUT2D eigenvalue weighted by Crippen LogP contribution is 2.28. The minimum Gasteiger partial charge on any atom is -0.313 e. The molecule has 1 aliphatic rings. The topological polar surface area (TPSA) is 58.2 Å². The van der Waals surface area contributed by atoms with Gasteiger partial charge in [-0.3, -0.25) is 4.72 Å². The Morgan fingerprint density at radius 3 is 2.74 bits per heavy atom. The van der Waals surface area contributed by atoms with Gasteiger partial charge in [0, 0.05) is 10.5 Å². The molecule has 1 atom stereocenters. The fraction of sp³-hybridized carbons (Fsp3) is 0.538. The Bertz CT molecular complexity index is 543. The summed E-state index contributed by atoms with van der Waals surface area (Å²) in [6, 6.07) is 3.96. The van der Waals surface area contributed by atoms with Crippen LogP contribution in [0.4, 0.5) is 5.69 Å². The predicted octanol–water partition coefficient (Wildman–Crippen LogP) is 2.56. The number of anilines is 1. The molecule has 0 bridgehead atoms. The smallest absolute Gasteiger partial charge is 0.234 e. The van der Waals surface area contributed by atoms with Gasteiger partial charge in [0.05, 0.1) is 11.4 Å². The van der Waals surface area contributed by atoms with Gasteiger partial charge in [0.1, 0.15) is 0 Å². The van der Waals surface area contributed by atoms with Crippen molar-refractivity contribution < 1.29 is 8.42 Å². The van der Waals surface area contributed by atoms with Crippen LogP contribution in [0, 0.1) is 13.8 Å². The number of nitrogens with one attached hydrogen (secondary N) is 2. The third kappa shape index (κ3) is 3.94. The summed E-state index contributed by atoms with van der Waals surface area (Å²) in [6.07, 6.45) is 1.97. The average molecular weight is 347 g/mol. The number of aryl methyl sites for hydroxylation is 2. The van der Waals surface area contributed by atoms with E-state index in [0.717, 1.165) is 35.0 Å². The maximum Gasteiger partial charge on any atom is 0.234 e. The maximum absolute atomic E-state index is 12.2. The molecule has 0 aromatic heterocycles. The summed E-state index contributed by atoms with van der Waals surface area (Å²) in [6.45, 7) is 4.80. The first-order chi connectivity index (χ1) is 8.87. The van der Waals surface area contributed by atoms with Crippen molar-refractivity contribution in [3.05, 3.63) is 27.7 Å². The Labute approximate surface area is 123 Å². The molecule has 1 unspecified atom stereocenters. The number of benzene rings is 1. The van der Waals surface area contributed by atoms with Crippen LogP contribution in [0.25, 0.3) is 0 Å². The van der Waals surface area contributed by atoms with Crippen molar-refractivity contribution in [1.29, 1.82) is 0 Å². The van der Waals surface area contributed by atoms with Crippen LogP contribution in [0.15, 0.2) is 16.6 Å². The van der Waals surface area contributed by atoms with Crippen LogP contribution in [-0.2, 0) is 10.0 Å². The normalized spacial score (nSPS) is 19.6. The molecule has 0 amide bonds. The van der Waals surface area contributed by atoms with Crippen molar-refractivity contribution in [3.8, 4) is 0 Å². The number of sulfonamides is 1. The van der Waals surface area contributed by atoms with Crippen LogP contribution in [0.3, 0.4) is 0 Å². The van der Waals surface area contributed by atoms with Gasteiger partial charge in [-0.1, -0.05) is 6.07 Å². The molecule has 19 heavy (non-hydrogen) atoms. The van der Waals surface area contributed by atoms with E-state index >= 15 is 0 Å². The summed E-state index contributed by atoms with van der Waals surface area (Å²) in [5.41, 5.74) is 2.67. The van der Waals surface area contributed by atoms with Crippen molar-refractivity contribution in [3.63, 3.8) is 0 Å². The summed E-state index contributed by atoms with van der Waals surface area (Å²) < 4.78 is 27.8. The van der Waals surface area contributed by atoms with Crippen molar-refractivity contribution in [2.75, 3.05) is 17.0 Å². The number of hydrogen-bond donors (Lipinski definition) is 2. The lowest BCUT2D eigenvalue weighted by molar-refractivity contribution is 0.581. The standard InChI is InChI=1S/C13H19BrN2O2S/c1-9-6-10(2)13(12(14)7-9)16-19(17,18)8-11-4-3-5-15-11/h6-7,11,15-16H,3-5,8H2,1-2H3. The molecule has 0 saturated carbocycles. The molecule has 4 nitrogen and oxygen atoms in total. The van der Waals surface area contributed by atoms with E-state index in [9.17, 15) is 8.42 Å². The highest BCUT2D eigenvalue weighted by molar-refractivity contribution is 9.10. The minimum atomic E-state index is -3.32. The van der Waals surface area contributed by atoms with Gasteiger partial charge in [-0.25, -0.2) is 8.42 Å². The molecule has 106 valence electrons. The molecular weight excluding hydrogens is 328 g/mol. The highest BCUT2D eigenvalue weighted by Gasteiger charge is 2.23. The molecule has 1 aliphatic heterocycles. The van der Waals surface area contributed by atoms with Crippen molar-refractivity contribution in [2.45, 2.75) is 32.7 Å². The molecule has 1 fully saturated rings. The van der Waals surface area contributed by atoms with Gasteiger partial charge in [-0.2, -0.15) is 0 Å². The lowest BCUT2D eigenvalue weighted by Crippen LogP contribution is -2.33.